The summed E-state index contributed by atoms with van der Waals surface area (Å²) in [5.41, 5.74) is 12.0. The quantitative estimate of drug-likeness (QED) is 0.461. The van der Waals surface area contributed by atoms with Gasteiger partial charge in [-0.15, -0.1) is 0 Å². The number of benzene rings is 1. The summed E-state index contributed by atoms with van der Waals surface area (Å²) in [6, 6.07) is 8.25. The topological polar surface area (TPSA) is 131 Å². The summed E-state index contributed by atoms with van der Waals surface area (Å²) in [7, 11) is 0. The van der Waals surface area contributed by atoms with Crippen LogP contribution in [0.3, 0.4) is 0 Å². The number of nitrogens with zero attached hydrogens (tertiary/aromatic N) is 1. The van der Waals surface area contributed by atoms with Crippen molar-refractivity contribution in [2.45, 2.75) is 44.3 Å². The molecule has 0 bridgehead atoms. The van der Waals surface area contributed by atoms with Gasteiger partial charge in [0.2, 0.25) is 17.7 Å². The van der Waals surface area contributed by atoms with Crippen molar-refractivity contribution >= 4 is 17.7 Å². The molecule has 2 atom stereocenters. The lowest BCUT2D eigenvalue weighted by Crippen LogP contribution is -2.53. The number of hydrogen-bond donors (Lipinski definition) is 4. The van der Waals surface area contributed by atoms with Crippen LogP contribution in [-0.4, -0.2) is 54.3 Å². The van der Waals surface area contributed by atoms with E-state index >= 15 is 0 Å². The molecule has 1 aromatic rings. The normalized spacial score (nSPS) is 17.4. The molecule has 8 nitrogen and oxygen atoms in total. The lowest BCUT2D eigenvalue weighted by atomic mass is 10.1. The molecule has 148 valence electrons. The third-order valence-corrected chi connectivity index (χ3v) is 4.63. The summed E-state index contributed by atoms with van der Waals surface area (Å²) in [6.45, 7) is 1.44. The molecule has 1 heterocycles. The van der Waals surface area contributed by atoms with Crippen LogP contribution in [0.2, 0.25) is 0 Å². The van der Waals surface area contributed by atoms with Crippen LogP contribution in [0.15, 0.2) is 30.3 Å². The van der Waals surface area contributed by atoms with E-state index < -0.39 is 12.1 Å². The van der Waals surface area contributed by atoms with Crippen molar-refractivity contribution in [3.63, 3.8) is 0 Å². The maximum atomic E-state index is 12.7. The fourth-order valence-corrected chi connectivity index (χ4v) is 3.22. The van der Waals surface area contributed by atoms with Gasteiger partial charge >= 0.3 is 0 Å². The fraction of sp³-hybridized carbons (Fsp3) is 0.526. The van der Waals surface area contributed by atoms with Gasteiger partial charge in [0.1, 0.15) is 12.1 Å². The first-order valence-electron chi connectivity index (χ1n) is 9.38. The van der Waals surface area contributed by atoms with Gasteiger partial charge in [-0.3, -0.25) is 14.4 Å². The number of likely N-dealkylation sites (tertiary alicyclic amines) is 1. The van der Waals surface area contributed by atoms with Crippen LogP contribution in [0.4, 0.5) is 0 Å². The molecule has 1 aliphatic heterocycles. The van der Waals surface area contributed by atoms with E-state index in [9.17, 15) is 14.4 Å². The lowest BCUT2D eigenvalue weighted by Gasteiger charge is -2.26. The Bertz CT molecular complexity index is 637. The lowest BCUT2D eigenvalue weighted by molar-refractivity contribution is -0.139. The molecule has 1 saturated heterocycles. The van der Waals surface area contributed by atoms with E-state index in [4.69, 9.17) is 11.5 Å². The minimum absolute atomic E-state index is 0.126. The molecule has 0 aliphatic carbocycles. The first-order chi connectivity index (χ1) is 13.1. The Morgan fingerprint density at radius 2 is 1.89 bits per heavy atom. The largest absolute Gasteiger partial charge is 0.350 e. The predicted octanol–water partition coefficient (Wildman–Crippen LogP) is -0.524. The second-order valence-electron chi connectivity index (χ2n) is 6.63. The van der Waals surface area contributed by atoms with E-state index in [1.807, 2.05) is 30.3 Å². The maximum absolute atomic E-state index is 12.7. The molecule has 1 aromatic carbocycles. The number of amides is 3. The summed E-state index contributed by atoms with van der Waals surface area (Å²) in [5, 5.41) is 5.59. The van der Waals surface area contributed by atoms with Gasteiger partial charge in [-0.2, -0.15) is 0 Å². The Hall–Kier alpha value is -2.45. The molecule has 2 rings (SSSR count). The molecule has 0 saturated carbocycles. The molecule has 0 radical (unpaired) electrons. The third-order valence-electron chi connectivity index (χ3n) is 4.63. The van der Waals surface area contributed by atoms with E-state index in [2.05, 4.69) is 10.6 Å². The van der Waals surface area contributed by atoms with Crippen LogP contribution in [0.5, 0.6) is 0 Å². The van der Waals surface area contributed by atoms with Crippen molar-refractivity contribution in [2.75, 3.05) is 19.6 Å². The molecule has 6 N–H and O–H groups in total. The molecule has 1 fully saturated rings. The van der Waals surface area contributed by atoms with Crippen molar-refractivity contribution in [3.8, 4) is 0 Å². The van der Waals surface area contributed by atoms with Crippen molar-refractivity contribution in [3.05, 3.63) is 35.9 Å². The monoisotopic (exact) mass is 375 g/mol. The van der Waals surface area contributed by atoms with Gasteiger partial charge in [0.15, 0.2) is 0 Å². The van der Waals surface area contributed by atoms with Gasteiger partial charge in [0.25, 0.3) is 0 Å². The second-order valence-corrected chi connectivity index (χ2v) is 6.63. The highest BCUT2D eigenvalue weighted by Crippen LogP contribution is 2.18. The molecule has 0 unspecified atom stereocenters. The molecular formula is C19H29N5O3. The maximum Gasteiger partial charge on any atom is 0.243 e. The highest BCUT2D eigenvalue weighted by Gasteiger charge is 2.35. The van der Waals surface area contributed by atoms with Crippen molar-refractivity contribution < 1.29 is 14.4 Å². The molecule has 0 spiro atoms. The van der Waals surface area contributed by atoms with Gasteiger partial charge in [-0.25, -0.2) is 0 Å². The number of carbonyl (C=O) groups is 3. The van der Waals surface area contributed by atoms with E-state index in [-0.39, 0.29) is 37.2 Å². The molecule has 0 aromatic heterocycles. The number of hydrogen-bond acceptors (Lipinski definition) is 5. The van der Waals surface area contributed by atoms with Gasteiger partial charge < -0.3 is 27.0 Å². The third kappa shape index (κ3) is 6.04. The summed E-state index contributed by atoms with van der Waals surface area (Å²) in [6.07, 6.45) is 1.89. The highest BCUT2D eigenvalue weighted by molar-refractivity contribution is 5.92. The van der Waals surface area contributed by atoms with Gasteiger partial charge in [0, 0.05) is 26.1 Å². The van der Waals surface area contributed by atoms with Crippen LogP contribution in [-0.2, 0) is 20.9 Å². The summed E-state index contributed by atoms with van der Waals surface area (Å²) >= 11 is 0. The van der Waals surface area contributed by atoms with Gasteiger partial charge in [-0.1, -0.05) is 30.3 Å². The van der Waals surface area contributed by atoms with E-state index in [1.165, 1.54) is 0 Å². The number of nitrogens with one attached hydrogen (secondary N) is 2. The van der Waals surface area contributed by atoms with Crippen LogP contribution in [0, 0.1) is 0 Å². The van der Waals surface area contributed by atoms with Crippen LogP contribution in [0.1, 0.15) is 31.2 Å². The first kappa shape index (κ1) is 20.9. The molecule has 1 aliphatic rings. The van der Waals surface area contributed by atoms with E-state index in [0.29, 0.717) is 25.9 Å². The van der Waals surface area contributed by atoms with E-state index in [0.717, 1.165) is 12.0 Å². The van der Waals surface area contributed by atoms with Crippen molar-refractivity contribution in [1.82, 2.24) is 15.5 Å². The highest BCUT2D eigenvalue weighted by atomic mass is 16.2. The summed E-state index contributed by atoms with van der Waals surface area (Å²) < 4.78 is 0. The molecule has 3 amide bonds. The van der Waals surface area contributed by atoms with Gasteiger partial charge in [0.05, 0.1) is 0 Å². The number of carbonyl (C=O) groups excluding carboxylic acids is 3. The predicted molar refractivity (Wildman–Crippen MR) is 102 cm³/mol. The minimum Gasteiger partial charge on any atom is -0.350 e. The standard InChI is InChI=1S/C19H29N5O3/c20-10-8-15(18(26)22-13-14-5-2-1-3-6-14)23-19(27)16-7-4-12-24(16)17(25)9-11-21/h1-3,5-6,15-16H,4,7-13,20-21H2,(H,22,26)(H,23,27)/t15-,16-/m0/s1. The zero-order chi connectivity index (χ0) is 19.6. The van der Waals surface area contributed by atoms with Crippen LogP contribution >= 0.6 is 0 Å². The number of nitrogens with two attached hydrogens (primary N) is 2. The summed E-state index contributed by atoms with van der Waals surface area (Å²) in [5.74, 6) is -0.722. The Morgan fingerprint density at radius 1 is 1.15 bits per heavy atom. The van der Waals surface area contributed by atoms with Crippen LogP contribution in [0.25, 0.3) is 0 Å². The van der Waals surface area contributed by atoms with Crippen molar-refractivity contribution in [1.29, 1.82) is 0 Å². The molecular weight excluding hydrogens is 346 g/mol. The zero-order valence-electron chi connectivity index (χ0n) is 15.5. The fourth-order valence-electron chi connectivity index (χ4n) is 3.22. The van der Waals surface area contributed by atoms with Crippen molar-refractivity contribution in [2.24, 2.45) is 11.5 Å². The molecule has 8 heteroatoms. The Labute approximate surface area is 159 Å². The number of rotatable bonds is 9. The zero-order valence-corrected chi connectivity index (χ0v) is 15.5. The average Bonchev–Trinajstić information content (AvgIpc) is 3.17. The van der Waals surface area contributed by atoms with Crippen LogP contribution < -0.4 is 22.1 Å². The summed E-state index contributed by atoms with van der Waals surface area (Å²) in [4.78, 5) is 38.9. The average molecular weight is 375 g/mol. The van der Waals surface area contributed by atoms with E-state index in [1.54, 1.807) is 4.90 Å². The minimum atomic E-state index is -0.724. The second kappa shape index (κ2) is 10.6. The first-order valence-corrected chi connectivity index (χ1v) is 9.38. The van der Waals surface area contributed by atoms with Gasteiger partial charge in [-0.05, 0) is 31.4 Å². The SMILES string of the molecule is NCCC(=O)N1CCC[C@H]1C(=O)N[C@@H](CCN)C(=O)NCc1ccccc1. The smallest absolute Gasteiger partial charge is 0.243 e. The Balaban J connectivity index is 1.94. The molecule has 27 heavy (non-hydrogen) atoms. The Morgan fingerprint density at radius 3 is 2.56 bits per heavy atom. The Kier molecular flexibility index (Phi) is 8.22.